The molecule has 14 heavy (non-hydrogen) atoms. The fourth-order valence-electron chi connectivity index (χ4n) is 0.627. The Balaban J connectivity index is 0. The van der Waals surface area contributed by atoms with Crippen LogP contribution in [-0.2, 0) is 0 Å². The summed E-state index contributed by atoms with van der Waals surface area (Å²) in [5.74, 6) is -2.55. The van der Waals surface area contributed by atoms with Crippen molar-refractivity contribution in [2.24, 2.45) is 5.73 Å². The minimum Gasteiger partial charge on any atom is -0.327 e. The fraction of sp³-hybridized carbons (Fsp3) is 0.600. The molecule has 0 fully saturated rings. The van der Waals surface area contributed by atoms with Crippen LogP contribution in [0.4, 0.5) is 13.2 Å². The van der Waals surface area contributed by atoms with Crippen LogP contribution in [0.3, 0.4) is 0 Å². The first-order valence-corrected chi connectivity index (χ1v) is 4.65. The van der Waals surface area contributed by atoms with E-state index in [1.807, 2.05) is 13.8 Å². The number of alkyl halides is 1. The molecule has 84 valence electrons. The van der Waals surface area contributed by atoms with Gasteiger partial charge in [-0.1, -0.05) is 26.3 Å². The van der Waals surface area contributed by atoms with Crippen LogP contribution in [0.1, 0.15) is 27.2 Å². The van der Waals surface area contributed by atoms with Crippen molar-refractivity contribution in [3.05, 3.63) is 23.3 Å². The van der Waals surface area contributed by atoms with Gasteiger partial charge in [0.2, 0.25) is 0 Å². The van der Waals surface area contributed by atoms with Crippen molar-refractivity contribution in [1.29, 1.82) is 0 Å². The van der Waals surface area contributed by atoms with Crippen molar-refractivity contribution >= 4 is 0 Å². The molecule has 0 spiro atoms. The minimum atomic E-state index is -1.41. The molecule has 0 aliphatic rings. The van der Waals surface area contributed by atoms with E-state index in [0.29, 0.717) is 12.0 Å². The summed E-state index contributed by atoms with van der Waals surface area (Å²) >= 11 is 0. The monoisotopic (exact) mass is 209 g/mol. The first-order valence-electron chi connectivity index (χ1n) is 4.65. The molecular formula is C10H18F3N. The smallest absolute Gasteiger partial charge is 0.166 e. The predicted octanol–water partition coefficient (Wildman–Crippen LogP) is 3.43. The highest BCUT2D eigenvalue weighted by Crippen LogP contribution is 2.13. The Morgan fingerprint density at radius 3 is 2.07 bits per heavy atom. The fourth-order valence-corrected chi connectivity index (χ4v) is 0.627. The molecule has 0 saturated heterocycles. The zero-order valence-electron chi connectivity index (χ0n) is 8.91. The average Bonchev–Trinajstić information content (AvgIpc) is 2.26. The lowest BCUT2D eigenvalue weighted by Gasteiger charge is -1.98. The maximum Gasteiger partial charge on any atom is 0.166 e. The predicted molar refractivity (Wildman–Crippen MR) is 54.0 cm³/mol. The van der Waals surface area contributed by atoms with Gasteiger partial charge in [-0.05, 0) is 12.5 Å². The molecule has 0 bridgehead atoms. The molecule has 0 saturated carbocycles. The second-order valence-electron chi connectivity index (χ2n) is 2.25. The highest BCUT2D eigenvalue weighted by atomic mass is 19.2. The second kappa shape index (κ2) is 10.3. The Morgan fingerprint density at radius 2 is 1.79 bits per heavy atom. The molecule has 0 aromatic heterocycles. The summed E-state index contributed by atoms with van der Waals surface area (Å²) in [4.78, 5) is 0. The largest absolute Gasteiger partial charge is 0.327 e. The number of allylic oxidation sites excluding steroid dienone is 3. The zero-order chi connectivity index (χ0) is 11.6. The van der Waals surface area contributed by atoms with Gasteiger partial charge in [0.15, 0.2) is 11.7 Å². The lowest BCUT2D eigenvalue weighted by atomic mass is 10.2. The van der Waals surface area contributed by atoms with Gasteiger partial charge in [0.1, 0.15) is 6.67 Å². The van der Waals surface area contributed by atoms with E-state index in [9.17, 15) is 13.2 Å². The maximum atomic E-state index is 12.6. The van der Waals surface area contributed by atoms with E-state index >= 15 is 0 Å². The molecule has 1 nitrogen and oxygen atoms in total. The topological polar surface area (TPSA) is 26.0 Å². The van der Waals surface area contributed by atoms with Crippen LogP contribution in [-0.4, -0.2) is 13.2 Å². The van der Waals surface area contributed by atoms with Gasteiger partial charge in [-0.25, -0.2) is 13.2 Å². The normalized spacial score (nSPS) is 12.9. The molecule has 0 atom stereocenters. The summed E-state index contributed by atoms with van der Waals surface area (Å²) < 4.78 is 36.3. The van der Waals surface area contributed by atoms with Gasteiger partial charge in [0, 0.05) is 6.54 Å². The second-order valence-corrected chi connectivity index (χ2v) is 2.25. The Labute approximate surface area is 83.5 Å². The van der Waals surface area contributed by atoms with Gasteiger partial charge >= 0.3 is 0 Å². The number of rotatable bonds is 4. The van der Waals surface area contributed by atoms with E-state index in [-0.39, 0.29) is 6.54 Å². The molecule has 2 N–H and O–H groups in total. The van der Waals surface area contributed by atoms with Crippen molar-refractivity contribution in [3.8, 4) is 0 Å². The molecule has 0 amide bonds. The van der Waals surface area contributed by atoms with Crippen LogP contribution in [0.25, 0.3) is 0 Å². The molecule has 0 rings (SSSR count). The van der Waals surface area contributed by atoms with Gasteiger partial charge in [0.25, 0.3) is 0 Å². The molecule has 0 aromatic carbocycles. The van der Waals surface area contributed by atoms with E-state index in [1.54, 1.807) is 6.92 Å². The van der Waals surface area contributed by atoms with Crippen LogP contribution in [0.15, 0.2) is 23.3 Å². The molecule has 0 aliphatic carbocycles. The van der Waals surface area contributed by atoms with Gasteiger partial charge in [-0.2, -0.15) is 0 Å². The summed E-state index contributed by atoms with van der Waals surface area (Å²) in [5.41, 5.74) is 5.75. The van der Waals surface area contributed by atoms with Crippen molar-refractivity contribution in [3.63, 3.8) is 0 Å². The molecule has 4 heteroatoms. The third-order valence-corrected chi connectivity index (χ3v) is 1.42. The molecule has 0 heterocycles. The van der Waals surface area contributed by atoms with Crippen molar-refractivity contribution in [2.45, 2.75) is 27.2 Å². The third kappa shape index (κ3) is 6.71. The van der Waals surface area contributed by atoms with E-state index in [1.165, 1.54) is 0 Å². The summed E-state index contributed by atoms with van der Waals surface area (Å²) in [6.45, 7) is 4.51. The molecule has 0 aliphatic heterocycles. The zero-order valence-corrected chi connectivity index (χ0v) is 8.91. The molecule has 0 unspecified atom stereocenters. The Hall–Kier alpha value is -0.770. The van der Waals surface area contributed by atoms with Crippen molar-refractivity contribution < 1.29 is 13.2 Å². The summed E-state index contributed by atoms with van der Waals surface area (Å²) in [7, 11) is 0. The summed E-state index contributed by atoms with van der Waals surface area (Å²) in [5, 5.41) is 0. The first kappa shape index (κ1) is 15.7. The summed E-state index contributed by atoms with van der Waals surface area (Å²) in [6, 6.07) is 0. The van der Waals surface area contributed by atoms with E-state index in [4.69, 9.17) is 5.73 Å². The SMILES string of the molecule is CC.CC/C(=C\C(F)=C(\F)CF)CN. The Kier molecular flexibility index (Phi) is 11.6. The van der Waals surface area contributed by atoms with Crippen LogP contribution < -0.4 is 5.73 Å². The Morgan fingerprint density at radius 1 is 1.29 bits per heavy atom. The maximum absolute atomic E-state index is 12.6. The number of hydrogen-bond donors (Lipinski definition) is 1. The molecule has 0 aromatic rings. The standard InChI is InChI=1S/C8H12F3N.C2H6/c1-2-6(5-12)3-7(10)8(11)4-9;1-2/h3H,2,4-5,12H2,1H3;1-2H3/b6-3+,8-7-;. The first-order chi connectivity index (χ1) is 6.65. The van der Waals surface area contributed by atoms with Crippen LogP contribution >= 0.6 is 0 Å². The van der Waals surface area contributed by atoms with Crippen LogP contribution in [0, 0.1) is 0 Å². The van der Waals surface area contributed by atoms with E-state index < -0.39 is 18.3 Å². The van der Waals surface area contributed by atoms with E-state index in [0.717, 1.165) is 6.08 Å². The van der Waals surface area contributed by atoms with Gasteiger partial charge < -0.3 is 5.73 Å². The van der Waals surface area contributed by atoms with Crippen molar-refractivity contribution in [2.75, 3.05) is 13.2 Å². The van der Waals surface area contributed by atoms with Gasteiger partial charge in [-0.15, -0.1) is 0 Å². The van der Waals surface area contributed by atoms with Crippen molar-refractivity contribution in [1.82, 2.24) is 0 Å². The van der Waals surface area contributed by atoms with Gasteiger partial charge in [0.05, 0.1) is 0 Å². The third-order valence-electron chi connectivity index (χ3n) is 1.42. The van der Waals surface area contributed by atoms with E-state index in [2.05, 4.69) is 0 Å². The number of halogens is 3. The lowest BCUT2D eigenvalue weighted by Crippen LogP contribution is -2.02. The highest BCUT2D eigenvalue weighted by Gasteiger charge is 2.03. The lowest BCUT2D eigenvalue weighted by molar-refractivity contribution is 0.434. The number of hydrogen-bond acceptors (Lipinski definition) is 1. The molecular weight excluding hydrogens is 191 g/mol. The minimum absolute atomic E-state index is 0.156. The average molecular weight is 209 g/mol. The van der Waals surface area contributed by atoms with Crippen LogP contribution in [0.5, 0.6) is 0 Å². The number of nitrogens with two attached hydrogens (primary N) is 1. The summed E-state index contributed by atoms with van der Waals surface area (Å²) in [6.07, 6.45) is 1.47. The highest BCUT2D eigenvalue weighted by molar-refractivity contribution is 5.21. The Bertz CT molecular complexity index is 192. The van der Waals surface area contributed by atoms with Gasteiger partial charge in [-0.3, -0.25) is 0 Å². The molecule has 0 radical (unpaired) electrons. The quantitative estimate of drug-likeness (QED) is 0.705. The van der Waals surface area contributed by atoms with Crippen LogP contribution in [0.2, 0.25) is 0 Å².